The Labute approximate surface area is 622 Å². The fourth-order valence-corrected chi connectivity index (χ4v) is 15.8. The van der Waals surface area contributed by atoms with Crippen LogP contribution < -0.4 is 52.9 Å². The number of anilines is 4. The summed E-state index contributed by atoms with van der Waals surface area (Å²) in [4.78, 5) is 55.0. The number of ether oxygens (including phenoxy) is 4. The number of imidazole rings is 2. The van der Waals surface area contributed by atoms with Gasteiger partial charge in [-0.1, -0.05) is 86.1 Å². The van der Waals surface area contributed by atoms with Crippen LogP contribution in [0, 0.1) is 6.92 Å². The molecule has 35 heteroatoms. The second-order valence-corrected chi connectivity index (χ2v) is 30.7. The van der Waals surface area contributed by atoms with E-state index in [0.717, 1.165) is 113 Å². The molecule has 4 saturated heterocycles. The zero-order valence-corrected chi connectivity index (χ0v) is 62.7. The largest absolute Gasteiger partial charge is 2.00 e. The van der Waals surface area contributed by atoms with Crippen molar-refractivity contribution in [3.05, 3.63) is 105 Å². The maximum absolute atomic E-state index is 16.0. The molecule has 6 aliphatic rings. The van der Waals surface area contributed by atoms with Gasteiger partial charge in [0, 0.05) is 48.2 Å². The maximum atomic E-state index is 16.0. The number of nitrogens with one attached hydrogen (secondary N) is 2. The van der Waals surface area contributed by atoms with Gasteiger partial charge in [-0.25, -0.2) is 33.0 Å². The number of alkyl halides is 2. The van der Waals surface area contributed by atoms with Gasteiger partial charge in [-0.05, 0) is 115 Å². The number of carbonyl (C=O) groups excluding carboxylic acids is 2. The fourth-order valence-electron chi connectivity index (χ4n) is 12.6. The minimum atomic E-state index is -4.40. The first-order valence-corrected chi connectivity index (χ1v) is 38.2. The molecule has 0 amide bonds. The topological polar surface area (TPSA) is 363 Å². The number of rotatable bonds is 21. The van der Waals surface area contributed by atoms with Gasteiger partial charge in [0.05, 0.1) is 25.9 Å². The summed E-state index contributed by atoms with van der Waals surface area (Å²) < 4.78 is 100. The van der Waals surface area contributed by atoms with Gasteiger partial charge in [0.25, 0.3) is 0 Å². The Bertz CT molecular complexity index is 4300. The maximum Gasteiger partial charge on any atom is 2.00 e. The number of aliphatic hydroxyl groups is 3. The molecule has 0 spiro atoms. The molecule has 0 radical (unpaired) electrons. The third-order valence-electron chi connectivity index (χ3n) is 18.5. The molecule has 6 fully saturated rings. The third-order valence-corrected chi connectivity index (χ3v) is 21.7. The first-order chi connectivity index (χ1) is 48.3. The first kappa shape index (κ1) is 80.7. The molecule has 12 atom stereocenters. The Morgan fingerprint density at radius 1 is 0.670 bits per heavy atom. The van der Waals surface area contributed by atoms with Crippen LogP contribution in [0.2, 0.25) is 0 Å². The van der Waals surface area contributed by atoms with Crippen molar-refractivity contribution in [3.8, 4) is 11.5 Å². The molecular weight excluding hydrogens is 1430 g/mol. The van der Waals surface area contributed by atoms with Crippen molar-refractivity contribution in [2.24, 2.45) is 0 Å². The number of fused-ring (bicyclic) bond motifs is 4. The number of hydrogen-bond donors (Lipinski definition) is 7. The third kappa shape index (κ3) is 18.5. The predicted octanol–water partition coefficient (Wildman–Crippen LogP) is 7.30. The summed E-state index contributed by atoms with van der Waals surface area (Å²) in [7, 11) is -4.40. The Hall–Kier alpha value is -6.41. The molecule has 8 aromatic rings. The van der Waals surface area contributed by atoms with Crippen LogP contribution in [0.15, 0.2) is 97.6 Å². The molecule has 554 valence electrons. The van der Waals surface area contributed by atoms with Crippen LogP contribution in [0.25, 0.3) is 43.9 Å². The van der Waals surface area contributed by atoms with Crippen molar-refractivity contribution in [1.82, 2.24) is 49.2 Å². The Morgan fingerprint density at radius 3 is 1.50 bits per heavy atom. The molecule has 2 saturated carbocycles. The summed E-state index contributed by atoms with van der Waals surface area (Å²) in [6.07, 6.45) is 5.65. The molecular formula is C68H88Cl2F2MgN14O14P2. The first-order valence-electron chi connectivity index (χ1n) is 34.1. The van der Waals surface area contributed by atoms with E-state index in [0.29, 0.717) is 39.5 Å². The van der Waals surface area contributed by atoms with Crippen LogP contribution in [0.4, 0.5) is 32.3 Å². The predicted molar refractivity (Wildman–Crippen MR) is 383 cm³/mol. The summed E-state index contributed by atoms with van der Waals surface area (Å²) in [5.41, 5.74) is 9.50. The molecule has 103 heavy (non-hydrogen) atoms. The number of esters is 2. The van der Waals surface area contributed by atoms with Gasteiger partial charge in [0.1, 0.15) is 59.2 Å². The van der Waals surface area contributed by atoms with E-state index >= 15 is 4.39 Å². The number of nitrogen functional groups attached to an aromatic ring is 2. The van der Waals surface area contributed by atoms with E-state index in [1.54, 1.807) is 37.3 Å². The number of benzene rings is 4. The van der Waals surface area contributed by atoms with Gasteiger partial charge in [-0.2, -0.15) is 31.4 Å². The zero-order valence-electron chi connectivity index (χ0n) is 58.0. The van der Waals surface area contributed by atoms with Gasteiger partial charge in [0.2, 0.25) is 11.9 Å². The molecule has 4 aromatic heterocycles. The number of aromatic nitrogens is 8. The van der Waals surface area contributed by atoms with E-state index in [1.807, 2.05) is 64.4 Å². The normalized spacial score (nSPS) is 24.9. The monoisotopic (exact) mass is 1520 g/mol. The van der Waals surface area contributed by atoms with Crippen LogP contribution >= 0.6 is 25.9 Å². The second kappa shape index (κ2) is 34.9. The minimum absolute atomic E-state index is 0. The molecule has 2 unspecified atom stereocenters. The van der Waals surface area contributed by atoms with E-state index in [9.17, 15) is 38.4 Å². The minimum Gasteiger partial charge on any atom is -1.00 e. The Kier molecular flexibility index (Phi) is 27.3. The van der Waals surface area contributed by atoms with Gasteiger partial charge < -0.3 is 83.9 Å². The molecule has 9 N–H and O–H groups in total. The second-order valence-electron chi connectivity index (χ2n) is 26.3. The zero-order chi connectivity index (χ0) is 72.0. The summed E-state index contributed by atoms with van der Waals surface area (Å²) in [6.45, 7) is 9.80. The van der Waals surface area contributed by atoms with Crippen molar-refractivity contribution < 1.29 is 87.7 Å². The Balaban J connectivity index is 0.000000189. The van der Waals surface area contributed by atoms with E-state index in [1.165, 1.54) is 49.0 Å². The van der Waals surface area contributed by atoms with E-state index in [2.05, 4.69) is 53.9 Å². The number of carbonyl (C=O) groups is 2. The Morgan fingerprint density at radius 2 is 1.08 bits per heavy atom. The standard InChI is InChI=1S/C32H39FN7O7P.C18H21ClNO4P.C14H19FN6O3.C4H9.ClH.Mg/c1-19(29(41)45-21-11-4-5-12-21)38-48(43,47-23-14-7-10-20-9-3-6-13-22(20)23)44-17-24-26(33)32(2,42)30(46-24)40-18-35-25-27(39-15-8-16-39)36-31(34)37-28(25)40;1-13(18(21)23-15-9-3-4-10-15)20-25(19,22)24-17-12-6-8-14-7-2-5-11-16(14)17;1-14(23)9(15)7(5-22)24-12(14)21-6-17-8-10(20-3-2-4-20)18-13(16)19-11(8)21;1-3-4-2;;/h3,6-7,9-10,13-14,18-19,21,24,26,30,42H,4-5,8,11-12,15-17H2,1-2H3,(H,38,43)(H2,34,36,37);2,5-8,11-13,15H,3-4,9-10H2,1H3,(H,20,22);6-7,9,12,22-23H,2-5H2,1H3,(H2,16,18,19);1,3-4H2,2H3;1H;/q;;;-1;;+2/p-1/t19-,24+,26+,30+,32+,48?;13-,25?;7-,9-,12-,14-;;;/m001.../s1. The van der Waals surface area contributed by atoms with Crippen molar-refractivity contribution in [1.29, 1.82) is 0 Å². The molecule has 28 nitrogen and oxygen atoms in total. The number of unbranched alkanes of at least 4 members (excludes halogenated alkanes) is 1. The number of halogens is 4. The van der Waals surface area contributed by atoms with Crippen LogP contribution in [-0.4, -0.2) is 189 Å². The van der Waals surface area contributed by atoms with Crippen LogP contribution in [0.1, 0.15) is 124 Å². The van der Waals surface area contributed by atoms with Crippen molar-refractivity contribution in [2.45, 2.75) is 184 Å². The van der Waals surface area contributed by atoms with Crippen molar-refractivity contribution >= 4 is 128 Å². The average Bonchev–Trinajstić information content (AvgIpc) is 1.58. The number of nitrogens with zero attached hydrogens (tertiary/aromatic N) is 10. The summed E-state index contributed by atoms with van der Waals surface area (Å²) in [6, 6.07) is 23.6. The molecule has 0 bridgehead atoms. The van der Waals surface area contributed by atoms with E-state index in [-0.39, 0.29) is 71.0 Å². The molecule has 4 aromatic carbocycles. The molecule has 8 heterocycles. The van der Waals surface area contributed by atoms with Gasteiger partial charge in [-0.15, -0.1) is 0 Å². The molecule has 14 rings (SSSR count). The summed E-state index contributed by atoms with van der Waals surface area (Å²) in [5, 5.41) is 39.6. The number of aliphatic hydroxyl groups excluding tert-OH is 1. The number of nitrogens with two attached hydrogens (primary N) is 2. The van der Waals surface area contributed by atoms with Crippen LogP contribution in [0.3, 0.4) is 0 Å². The fraction of sp³-hybridized carbons (Fsp3) is 0.515. The van der Waals surface area contributed by atoms with Crippen molar-refractivity contribution in [2.75, 3.05) is 60.7 Å². The quantitative estimate of drug-likeness (QED) is 0.0160. The smallest absolute Gasteiger partial charge is 1.00 e. The van der Waals surface area contributed by atoms with Gasteiger partial charge in [-0.3, -0.25) is 23.2 Å². The SMILES string of the molecule is C[C@@]1(O)[C@H](F)[C@@H](CO)O[C@H]1n1cnc2c(N3CCC3)nc(N)nc21.C[C@H](NP(=O)(Cl)Oc1cccc2ccccc12)C(=O)OC1CCCC1.C[C@H](NP(=O)(OC[C@H]1O[C@@H](n2cnc3c(N4CCC4)nc(N)nc32)[C@](C)(O)[C@@H]1F)Oc1cccc2ccccc12)C(=O)OC1CCCC1.[CH2-]CCC.[Cl-].[Mg+2]. The number of hydrogen-bond acceptors (Lipinski definition) is 24. The van der Waals surface area contributed by atoms with Crippen LogP contribution in [0.5, 0.6) is 11.5 Å². The molecule has 2 aliphatic carbocycles. The molecule has 4 aliphatic heterocycles. The van der Waals surface area contributed by atoms with Gasteiger partial charge in [0.15, 0.2) is 58.8 Å². The van der Waals surface area contributed by atoms with E-state index in [4.69, 9.17) is 55.2 Å². The van der Waals surface area contributed by atoms with Crippen LogP contribution in [-0.2, 0) is 42.2 Å². The van der Waals surface area contributed by atoms with Crippen molar-refractivity contribution in [3.63, 3.8) is 0 Å². The summed E-state index contributed by atoms with van der Waals surface area (Å²) >= 11 is 6.04. The van der Waals surface area contributed by atoms with E-state index < -0.39 is 100 Å². The van der Waals surface area contributed by atoms with Gasteiger partial charge >= 0.3 is 49.6 Å². The average molecular weight is 1520 g/mol. The summed E-state index contributed by atoms with van der Waals surface area (Å²) in [5.74, 6) is 0.800.